The Hall–Kier alpha value is -2.73. The highest BCUT2D eigenvalue weighted by Crippen LogP contribution is 2.33. The van der Waals surface area contributed by atoms with Crippen LogP contribution in [0.3, 0.4) is 0 Å². The van der Waals surface area contributed by atoms with E-state index in [1.54, 1.807) is 24.3 Å². The molecule has 0 spiro atoms. The summed E-state index contributed by atoms with van der Waals surface area (Å²) in [5.74, 6) is 0.562. The minimum atomic E-state index is -0.400. The third-order valence-corrected chi connectivity index (χ3v) is 6.00. The van der Waals surface area contributed by atoms with E-state index in [1.807, 2.05) is 19.1 Å². The molecule has 2 saturated heterocycles. The maximum absolute atomic E-state index is 13.2. The Kier molecular flexibility index (Phi) is 6.13. The zero-order valence-corrected chi connectivity index (χ0v) is 17.2. The number of anilines is 1. The van der Waals surface area contributed by atoms with Crippen LogP contribution in [0.2, 0.25) is 0 Å². The Morgan fingerprint density at radius 1 is 1.00 bits per heavy atom. The Balaban J connectivity index is 1.39. The Bertz CT molecular complexity index is 890. The second-order valence-electron chi connectivity index (χ2n) is 7.99. The van der Waals surface area contributed by atoms with Crippen LogP contribution < -0.4 is 9.64 Å². The molecule has 2 aromatic rings. The van der Waals surface area contributed by atoms with Crippen molar-refractivity contribution in [1.82, 2.24) is 4.90 Å². The normalized spacial score (nSPS) is 20.7. The van der Waals surface area contributed by atoms with Crippen molar-refractivity contribution in [2.45, 2.75) is 44.6 Å². The van der Waals surface area contributed by atoms with Gasteiger partial charge in [0.05, 0.1) is 24.8 Å². The zero-order chi connectivity index (χ0) is 21.1. The van der Waals surface area contributed by atoms with Gasteiger partial charge in [0.1, 0.15) is 11.6 Å². The van der Waals surface area contributed by atoms with Gasteiger partial charge >= 0.3 is 0 Å². The summed E-state index contributed by atoms with van der Waals surface area (Å²) in [5, 5.41) is 0. The van der Waals surface area contributed by atoms with E-state index in [0.717, 1.165) is 43.7 Å². The second kappa shape index (κ2) is 8.96. The van der Waals surface area contributed by atoms with Gasteiger partial charge < -0.3 is 4.74 Å². The fraction of sp³-hybridized carbons (Fsp3) is 0.417. The summed E-state index contributed by atoms with van der Waals surface area (Å²) >= 11 is 0. The van der Waals surface area contributed by atoms with Crippen molar-refractivity contribution in [2.75, 3.05) is 24.6 Å². The van der Waals surface area contributed by atoms with Crippen molar-refractivity contribution in [3.8, 4) is 5.75 Å². The quantitative estimate of drug-likeness (QED) is 0.672. The van der Waals surface area contributed by atoms with E-state index in [9.17, 15) is 14.0 Å². The highest BCUT2D eigenvalue weighted by Gasteiger charge is 2.43. The lowest BCUT2D eigenvalue weighted by molar-refractivity contribution is -0.123. The van der Waals surface area contributed by atoms with Gasteiger partial charge in [-0.3, -0.25) is 14.5 Å². The lowest BCUT2D eigenvalue weighted by atomic mass is 9.89. The van der Waals surface area contributed by atoms with E-state index in [1.165, 1.54) is 17.0 Å². The highest BCUT2D eigenvalue weighted by atomic mass is 19.1. The van der Waals surface area contributed by atoms with Crippen LogP contribution in [0, 0.1) is 5.82 Å². The number of piperidine rings is 1. The molecule has 0 N–H and O–H groups in total. The summed E-state index contributed by atoms with van der Waals surface area (Å²) in [6, 6.07) is 13.4. The Morgan fingerprint density at radius 3 is 2.30 bits per heavy atom. The lowest BCUT2D eigenvalue weighted by Gasteiger charge is -2.35. The van der Waals surface area contributed by atoms with Crippen LogP contribution in [0.4, 0.5) is 10.1 Å². The van der Waals surface area contributed by atoms with E-state index in [4.69, 9.17) is 4.74 Å². The molecule has 158 valence electrons. The second-order valence-corrected chi connectivity index (χ2v) is 7.99. The number of halogens is 1. The fourth-order valence-corrected chi connectivity index (χ4v) is 4.36. The van der Waals surface area contributed by atoms with Gasteiger partial charge in [-0.1, -0.05) is 19.1 Å². The topological polar surface area (TPSA) is 49.9 Å². The first-order chi connectivity index (χ1) is 14.6. The molecule has 2 aliphatic rings. The molecule has 30 heavy (non-hydrogen) atoms. The number of likely N-dealkylation sites (tertiary alicyclic amines) is 1. The van der Waals surface area contributed by atoms with Gasteiger partial charge in [0.2, 0.25) is 5.91 Å². The number of carbonyl (C=O) groups is 2. The summed E-state index contributed by atoms with van der Waals surface area (Å²) in [4.78, 5) is 29.1. The minimum Gasteiger partial charge on any atom is -0.494 e. The number of rotatable bonds is 6. The molecule has 2 aliphatic heterocycles. The molecule has 2 amide bonds. The van der Waals surface area contributed by atoms with Crippen molar-refractivity contribution in [1.29, 1.82) is 0 Å². The van der Waals surface area contributed by atoms with Crippen molar-refractivity contribution in [2.24, 2.45) is 0 Å². The van der Waals surface area contributed by atoms with Crippen LogP contribution in [-0.4, -0.2) is 42.5 Å². The fourth-order valence-electron chi connectivity index (χ4n) is 4.36. The molecule has 0 aromatic heterocycles. The monoisotopic (exact) mass is 410 g/mol. The van der Waals surface area contributed by atoms with Gasteiger partial charge in [-0.25, -0.2) is 9.29 Å². The molecule has 6 heteroatoms. The zero-order valence-electron chi connectivity index (χ0n) is 17.2. The average Bonchev–Trinajstić information content (AvgIpc) is 3.07. The number of hydrogen-bond donors (Lipinski definition) is 0. The summed E-state index contributed by atoms with van der Waals surface area (Å²) in [5.41, 5.74) is 1.73. The molecule has 0 unspecified atom stereocenters. The molecule has 0 aliphatic carbocycles. The number of amides is 2. The molecule has 2 fully saturated rings. The highest BCUT2D eigenvalue weighted by molar-refractivity contribution is 6.22. The van der Waals surface area contributed by atoms with Crippen molar-refractivity contribution in [3.63, 3.8) is 0 Å². The van der Waals surface area contributed by atoms with E-state index in [0.29, 0.717) is 18.2 Å². The summed E-state index contributed by atoms with van der Waals surface area (Å²) < 4.78 is 18.7. The van der Waals surface area contributed by atoms with Crippen molar-refractivity contribution < 1.29 is 18.7 Å². The third-order valence-electron chi connectivity index (χ3n) is 6.00. The van der Waals surface area contributed by atoms with Crippen LogP contribution in [-0.2, 0) is 9.59 Å². The van der Waals surface area contributed by atoms with Gasteiger partial charge in [0.15, 0.2) is 0 Å². The number of benzene rings is 2. The lowest BCUT2D eigenvalue weighted by Crippen LogP contribution is -2.45. The predicted octanol–water partition coefficient (Wildman–Crippen LogP) is 4.13. The largest absolute Gasteiger partial charge is 0.494 e. The first-order valence-corrected chi connectivity index (χ1v) is 10.7. The summed E-state index contributed by atoms with van der Waals surface area (Å²) in [7, 11) is 0. The molecule has 0 saturated carbocycles. The van der Waals surface area contributed by atoms with Crippen LogP contribution in [0.5, 0.6) is 5.75 Å². The van der Waals surface area contributed by atoms with Gasteiger partial charge in [0, 0.05) is 0 Å². The third kappa shape index (κ3) is 4.24. The van der Waals surface area contributed by atoms with Gasteiger partial charge in [0.25, 0.3) is 5.91 Å². The SMILES string of the molecule is CCCOc1ccc(N2C(=O)C[C@@H](N3CCC(c4ccc(F)cc4)CC3)C2=O)cc1. The van der Waals surface area contributed by atoms with Gasteiger partial charge in [-0.2, -0.15) is 0 Å². The van der Waals surface area contributed by atoms with E-state index in [2.05, 4.69) is 4.90 Å². The number of carbonyl (C=O) groups excluding carboxylic acids is 2. The molecular formula is C24H27FN2O3. The van der Waals surface area contributed by atoms with E-state index < -0.39 is 6.04 Å². The number of hydrogen-bond acceptors (Lipinski definition) is 4. The molecule has 0 radical (unpaired) electrons. The Labute approximate surface area is 176 Å². The molecular weight excluding hydrogens is 383 g/mol. The molecule has 0 bridgehead atoms. The maximum atomic E-state index is 13.2. The minimum absolute atomic E-state index is 0.151. The van der Waals surface area contributed by atoms with Crippen molar-refractivity contribution in [3.05, 3.63) is 59.9 Å². The molecule has 4 rings (SSSR count). The van der Waals surface area contributed by atoms with E-state index in [-0.39, 0.29) is 24.1 Å². The Morgan fingerprint density at radius 2 is 1.67 bits per heavy atom. The standard InChI is InChI=1S/C24H27FN2O3/c1-2-15-30-21-9-7-20(8-10-21)27-23(28)16-22(24(27)29)26-13-11-18(12-14-26)17-3-5-19(25)6-4-17/h3-10,18,22H,2,11-16H2,1H3/t22-/m1/s1. The van der Waals surface area contributed by atoms with Crippen LogP contribution >= 0.6 is 0 Å². The van der Waals surface area contributed by atoms with Crippen molar-refractivity contribution >= 4 is 17.5 Å². The first-order valence-electron chi connectivity index (χ1n) is 10.7. The first kappa shape index (κ1) is 20.5. The van der Waals surface area contributed by atoms with Crippen LogP contribution in [0.25, 0.3) is 0 Å². The van der Waals surface area contributed by atoms with Crippen LogP contribution in [0.15, 0.2) is 48.5 Å². The maximum Gasteiger partial charge on any atom is 0.251 e. The molecule has 1 atom stereocenters. The summed E-state index contributed by atoms with van der Waals surface area (Å²) in [6.07, 6.45) is 2.93. The van der Waals surface area contributed by atoms with E-state index >= 15 is 0 Å². The van der Waals surface area contributed by atoms with Gasteiger partial charge in [-0.15, -0.1) is 0 Å². The number of ether oxygens (including phenoxy) is 1. The number of nitrogens with zero attached hydrogens (tertiary/aromatic N) is 2. The predicted molar refractivity (Wildman–Crippen MR) is 113 cm³/mol. The molecule has 2 heterocycles. The summed E-state index contributed by atoms with van der Waals surface area (Å²) in [6.45, 7) is 4.18. The van der Waals surface area contributed by atoms with Crippen LogP contribution in [0.1, 0.15) is 44.1 Å². The average molecular weight is 410 g/mol. The van der Waals surface area contributed by atoms with Gasteiger partial charge in [-0.05, 0) is 80.2 Å². The molecule has 5 nitrogen and oxygen atoms in total. The number of imide groups is 1. The molecule has 2 aromatic carbocycles. The smallest absolute Gasteiger partial charge is 0.251 e.